The van der Waals surface area contributed by atoms with E-state index in [1.165, 1.54) is 28.8 Å². The molecular weight excluding hydrogens is 435 g/mol. The van der Waals surface area contributed by atoms with Gasteiger partial charge >= 0.3 is 5.91 Å². The molecule has 0 atom stereocenters. The largest absolute Gasteiger partial charge is 0.858 e. The van der Waals surface area contributed by atoms with Crippen molar-refractivity contribution in [1.82, 2.24) is 9.78 Å². The van der Waals surface area contributed by atoms with Gasteiger partial charge in [-0.05, 0) is 48.7 Å². The first-order valence-corrected chi connectivity index (χ1v) is 10.7. The molecule has 0 aliphatic carbocycles. The smallest absolute Gasteiger partial charge is 0.331 e. The monoisotopic (exact) mass is 454 g/mol. The van der Waals surface area contributed by atoms with Crippen molar-refractivity contribution in [3.63, 3.8) is 0 Å². The number of pyridine rings is 1. The van der Waals surface area contributed by atoms with Crippen molar-refractivity contribution in [1.29, 1.82) is 0 Å². The molecule has 4 aromatic rings. The third-order valence-electron chi connectivity index (χ3n) is 5.62. The molecule has 7 nitrogen and oxygen atoms in total. The maximum absolute atomic E-state index is 13.7. The molecule has 8 heteroatoms. The highest BCUT2D eigenvalue weighted by molar-refractivity contribution is 6.53. The van der Waals surface area contributed by atoms with E-state index in [2.05, 4.69) is 5.10 Å². The Morgan fingerprint density at radius 3 is 2.18 bits per heavy atom. The first kappa shape index (κ1) is 21.3. The maximum Gasteiger partial charge on any atom is 0.331 e. The molecule has 0 radical (unpaired) electrons. The minimum Gasteiger partial charge on any atom is -0.858 e. The number of aromatic nitrogens is 3. The molecule has 5 rings (SSSR count). The van der Waals surface area contributed by atoms with E-state index in [1.54, 1.807) is 60.9 Å². The van der Waals surface area contributed by atoms with Crippen LogP contribution in [-0.4, -0.2) is 21.6 Å². The number of carbonyl (C=O) groups is 2. The van der Waals surface area contributed by atoms with Gasteiger partial charge in [0.25, 0.3) is 11.6 Å². The number of halogens is 1. The van der Waals surface area contributed by atoms with E-state index in [0.29, 0.717) is 23.5 Å². The molecule has 0 bridgehead atoms. The van der Waals surface area contributed by atoms with Crippen LogP contribution in [0.4, 0.5) is 10.1 Å². The van der Waals surface area contributed by atoms with Crippen molar-refractivity contribution in [3.05, 3.63) is 102 Å². The Morgan fingerprint density at radius 2 is 1.53 bits per heavy atom. The van der Waals surface area contributed by atoms with E-state index in [-0.39, 0.29) is 16.8 Å². The number of hydrogen-bond acceptors (Lipinski definition) is 4. The van der Waals surface area contributed by atoms with Gasteiger partial charge in [0, 0.05) is 17.7 Å². The molecule has 2 aromatic carbocycles. The Kier molecular flexibility index (Phi) is 5.25. The fourth-order valence-electron chi connectivity index (χ4n) is 4.04. The van der Waals surface area contributed by atoms with Crippen LogP contribution in [0.1, 0.15) is 18.2 Å². The number of para-hydroxylation sites is 1. The SMILES string of the molecule is CCc1nn(-c2ccc(F)cc2)c([O-])c1C1=C([n+]2ccccc2)C(=O)N(c2ccccc2)C1=O. The first-order chi connectivity index (χ1) is 16.5. The van der Waals surface area contributed by atoms with Gasteiger partial charge in [0.05, 0.1) is 17.1 Å². The lowest BCUT2D eigenvalue weighted by Gasteiger charge is -2.15. The predicted octanol–water partition coefficient (Wildman–Crippen LogP) is 2.88. The summed E-state index contributed by atoms with van der Waals surface area (Å²) in [5.41, 5.74) is 1.25. The van der Waals surface area contributed by atoms with Crippen LogP contribution in [0, 0.1) is 5.82 Å². The topological polar surface area (TPSA) is 82.1 Å². The summed E-state index contributed by atoms with van der Waals surface area (Å²) in [4.78, 5) is 28.4. The van der Waals surface area contributed by atoms with Gasteiger partial charge in [-0.25, -0.2) is 14.0 Å². The number of anilines is 1. The first-order valence-electron chi connectivity index (χ1n) is 10.7. The van der Waals surface area contributed by atoms with Gasteiger partial charge < -0.3 is 5.11 Å². The fraction of sp³-hybridized carbons (Fsp3) is 0.0769. The Bertz CT molecular complexity index is 1430. The number of imide groups is 1. The zero-order chi connectivity index (χ0) is 23.8. The lowest BCUT2D eigenvalue weighted by molar-refractivity contribution is -0.576. The Labute approximate surface area is 194 Å². The van der Waals surface area contributed by atoms with Crippen LogP contribution in [0.2, 0.25) is 0 Å². The predicted molar refractivity (Wildman–Crippen MR) is 121 cm³/mol. The van der Waals surface area contributed by atoms with E-state index in [9.17, 15) is 19.1 Å². The van der Waals surface area contributed by atoms with Crippen LogP contribution in [0.5, 0.6) is 5.88 Å². The lowest BCUT2D eigenvalue weighted by atomic mass is 10.0. The summed E-state index contributed by atoms with van der Waals surface area (Å²) in [5, 5.41) is 18.0. The minimum atomic E-state index is -0.604. The van der Waals surface area contributed by atoms with E-state index in [1.807, 2.05) is 6.92 Å². The molecule has 0 spiro atoms. The quantitative estimate of drug-likeness (QED) is 0.343. The van der Waals surface area contributed by atoms with Gasteiger partial charge in [-0.1, -0.05) is 31.2 Å². The standard InChI is InChI=1S/C26H19FN4O3/c1-2-20-21(25(33)31(28-20)19-13-11-17(27)12-14-19)22-23(29-15-7-4-8-16-29)26(34)30(24(22)32)18-9-5-3-6-10-18/h3-16H,2H2,1H3. The van der Waals surface area contributed by atoms with E-state index >= 15 is 0 Å². The summed E-state index contributed by atoms with van der Waals surface area (Å²) < 4.78 is 16.1. The number of benzene rings is 2. The van der Waals surface area contributed by atoms with Gasteiger partial charge in [0.2, 0.25) is 0 Å². The highest BCUT2D eigenvalue weighted by Gasteiger charge is 2.47. The molecule has 0 fully saturated rings. The van der Waals surface area contributed by atoms with Crippen LogP contribution in [0.3, 0.4) is 0 Å². The zero-order valence-corrected chi connectivity index (χ0v) is 18.2. The number of hydrogen-bond donors (Lipinski definition) is 0. The molecule has 0 saturated carbocycles. The molecule has 1 aliphatic heterocycles. The van der Waals surface area contributed by atoms with Crippen LogP contribution in [-0.2, 0) is 16.0 Å². The second-order valence-corrected chi connectivity index (χ2v) is 7.66. The van der Waals surface area contributed by atoms with Gasteiger partial charge in [0.1, 0.15) is 11.4 Å². The van der Waals surface area contributed by atoms with Crippen LogP contribution < -0.4 is 14.6 Å². The average molecular weight is 454 g/mol. The van der Waals surface area contributed by atoms with E-state index in [0.717, 1.165) is 9.58 Å². The number of carbonyl (C=O) groups excluding carboxylic acids is 2. The van der Waals surface area contributed by atoms with Crippen molar-refractivity contribution in [2.75, 3.05) is 4.90 Å². The van der Waals surface area contributed by atoms with E-state index < -0.39 is 23.5 Å². The molecular formula is C26H19FN4O3. The minimum absolute atomic E-state index is 0.0136. The molecule has 0 N–H and O–H groups in total. The molecule has 1 aliphatic rings. The molecule has 3 heterocycles. The van der Waals surface area contributed by atoms with Crippen LogP contribution >= 0.6 is 0 Å². The molecule has 0 unspecified atom stereocenters. The van der Waals surface area contributed by atoms with Gasteiger partial charge in [-0.3, -0.25) is 9.59 Å². The zero-order valence-electron chi connectivity index (χ0n) is 18.2. The molecule has 2 aromatic heterocycles. The Morgan fingerprint density at radius 1 is 0.882 bits per heavy atom. The summed E-state index contributed by atoms with van der Waals surface area (Å²) in [6.45, 7) is 1.81. The summed E-state index contributed by atoms with van der Waals surface area (Å²) in [7, 11) is 0. The van der Waals surface area contributed by atoms with Crippen molar-refractivity contribution >= 4 is 28.8 Å². The van der Waals surface area contributed by atoms with E-state index in [4.69, 9.17) is 0 Å². The van der Waals surface area contributed by atoms with Gasteiger partial charge in [0.15, 0.2) is 12.4 Å². The summed E-state index contributed by atoms with van der Waals surface area (Å²) in [6.07, 6.45) is 3.65. The molecule has 34 heavy (non-hydrogen) atoms. The lowest BCUT2D eigenvalue weighted by Crippen LogP contribution is -2.39. The van der Waals surface area contributed by atoms with Crippen molar-refractivity contribution < 1.29 is 23.7 Å². The van der Waals surface area contributed by atoms with Crippen molar-refractivity contribution in [2.45, 2.75) is 13.3 Å². The summed E-state index contributed by atoms with van der Waals surface area (Å²) >= 11 is 0. The molecule has 0 saturated heterocycles. The Hall–Kier alpha value is -4.59. The number of amides is 2. The normalized spacial score (nSPS) is 13.8. The number of nitrogens with zero attached hydrogens (tertiary/aromatic N) is 4. The molecule has 168 valence electrons. The van der Waals surface area contributed by atoms with Crippen molar-refractivity contribution in [3.8, 4) is 11.6 Å². The maximum atomic E-state index is 13.7. The third kappa shape index (κ3) is 3.36. The molecule has 2 amide bonds. The number of aryl methyl sites for hydroxylation is 1. The third-order valence-corrected chi connectivity index (χ3v) is 5.62. The fourth-order valence-corrected chi connectivity index (χ4v) is 4.04. The second-order valence-electron chi connectivity index (χ2n) is 7.66. The highest BCUT2D eigenvalue weighted by atomic mass is 19.1. The van der Waals surface area contributed by atoms with Gasteiger partial charge in [-0.15, -0.1) is 0 Å². The van der Waals surface area contributed by atoms with Crippen LogP contribution in [0.25, 0.3) is 17.0 Å². The van der Waals surface area contributed by atoms with Crippen LogP contribution in [0.15, 0.2) is 85.2 Å². The summed E-state index contributed by atoms with van der Waals surface area (Å²) in [5.74, 6) is -2.14. The Balaban J connectivity index is 1.76. The highest BCUT2D eigenvalue weighted by Crippen LogP contribution is 2.38. The second kappa shape index (κ2) is 8.40. The van der Waals surface area contributed by atoms with Crippen molar-refractivity contribution in [2.24, 2.45) is 0 Å². The average Bonchev–Trinajstić information content (AvgIpc) is 3.32. The number of rotatable bonds is 5. The van der Waals surface area contributed by atoms with Gasteiger partial charge in [-0.2, -0.15) is 9.67 Å². The summed E-state index contributed by atoms with van der Waals surface area (Å²) in [6, 6.07) is 19.1.